The van der Waals surface area contributed by atoms with Crippen LogP contribution in [0.3, 0.4) is 0 Å². The van der Waals surface area contributed by atoms with Gasteiger partial charge in [-0.1, -0.05) is 12.1 Å². The molecule has 0 radical (unpaired) electrons. The van der Waals surface area contributed by atoms with Crippen LogP contribution in [0.1, 0.15) is 38.1 Å². The number of benzene rings is 1. The smallest absolute Gasteiger partial charge is 0.161 e. The summed E-state index contributed by atoms with van der Waals surface area (Å²) in [5.41, 5.74) is 1.64. The third kappa shape index (κ3) is 2.72. The second-order valence-electron chi connectivity index (χ2n) is 5.64. The minimum absolute atomic E-state index is 0.113. The zero-order valence-electron chi connectivity index (χ0n) is 11.6. The first-order valence-corrected chi connectivity index (χ1v) is 6.42. The molecular weight excluding hydrogens is 226 g/mol. The van der Waals surface area contributed by atoms with E-state index in [1.165, 1.54) is 0 Å². The minimum atomic E-state index is -0.179. The van der Waals surface area contributed by atoms with E-state index in [4.69, 9.17) is 4.74 Å². The van der Waals surface area contributed by atoms with Crippen LogP contribution in [0, 0.1) is 0 Å². The highest BCUT2D eigenvalue weighted by atomic mass is 16.5. The quantitative estimate of drug-likeness (QED) is 0.753. The molecule has 1 saturated heterocycles. The molecule has 0 N–H and O–H groups in total. The Hall–Kier alpha value is -1.35. The maximum absolute atomic E-state index is 11.7. The second kappa shape index (κ2) is 4.73. The third-order valence-electron chi connectivity index (χ3n) is 3.19. The highest BCUT2D eigenvalue weighted by Crippen LogP contribution is 2.28. The van der Waals surface area contributed by atoms with E-state index in [0.717, 1.165) is 24.3 Å². The van der Waals surface area contributed by atoms with E-state index < -0.39 is 0 Å². The van der Waals surface area contributed by atoms with Crippen molar-refractivity contribution in [3.8, 4) is 0 Å². The van der Waals surface area contributed by atoms with Crippen molar-refractivity contribution in [1.82, 2.24) is 0 Å². The summed E-state index contributed by atoms with van der Waals surface area (Å²) in [4.78, 5) is 13.9. The van der Waals surface area contributed by atoms with Gasteiger partial charge in [-0.25, -0.2) is 0 Å². The van der Waals surface area contributed by atoms with E-state index in [1.54, 1.807) is 6.92 Å². The summed E-state index contributed by atoms with van der Waals surface area (Å²) in [7, 11) is 0. The predicted octanol–water partition coefficient (Wildman–Crippen LogP) is 2.89. The van der Waals surface area contributed by atoms with Gasteiger partial charge in [0.25, 0.3) is 0 Å². The number of Topliss-reactive ketones (excluding diaryl/α,β-unsaturated/α-hetero) is 1. The molecule has 1 fully saturated rings. The second-order valence-corrected chi connectivity index (χ2v) is 5.64. The number of carbonyl (C=O) groups excluding carboxylic acids is 1. The molecule has 2 rings (SSSR count). The number of hydrogen-bond acceptors (Lipinski definition) is 3. The lowest BCUT2D eigenvalue weighted by atomic mass is 10.0. The van der Waals surface area contributed by atoms with Crippen molar-refractivity contribution >= 4 is 11.5 Å². The van der Waals surface area contributed by atoms with Crippen molar-refractivity contribution in [2.24, 2.45) is 0 Å². The highest BCUT2D eigenvalue weighted by molar-refractivity contribution is 5.99. The summed E-state index contributed by atoms with van der Waals surface area (Å²) in [5, 5.41) is 0. The molecule has 0 aromatic heterocycles. The van der Waals surface area contributed by atoms with Crippen molar-refractivity contribution < 1.29 is 9.53 Å². The monoisotopic (exact) mass is 247 g/mol. The maximum atomic E-state index is 11.7. The Labute approximate surface area is 109 Å². The summed E-state index contributed by atoms with van der Waals surface area (Å²) < 4.78 is 5.90. The lowest BCUT2D eigenvalue weighted by molar-refractivity contribution is -0.0750. The fourth-order valence-corrected chi connectivity index (χ4v) is 2.68. The van der Waals surface area contributed by atoms with Gasteiger partial charge in [0.2, 0.25) is 0 Å². The predicted molar refractivity (Wildman–Crippen MR) is 73.3 cm³/mol. The molecule has 1 unspecified atom stereocenters. The molecule has 0 aliphatic carbocycles. The van der Waals surface area contributed by atoms with Gasteiger partial charge in [-0.2, -0.15) is 0 Å². The Bertz CT molecular complexity index is 454. The average Bonchev–Trinajstić information content (AvgIpc) is 2.26. The largest absolute Gasteiger partial charge is 0.369 e. The molecule has 0 amide bonds. The van der Waals surface area contributed by atoms with Crippen molar-refractivity contribution in [2.45, 2.75) is 39.4 Å². The molecule has 3 heteroatoms. The van der Waals surface area contributed by atoms with Gasteiger partial charge in [-0.05, 0) is 39.8 Å². The van der Waals surface area contributed by atoms with Crippen LogP contribution in [0.2, 0.25) is 0 Å². The van der Waals surface area contributed by atoms with Gasteiger partial charge in [0.15, 0.2) is 5.78 Å². The van der Waals surface area contributed by atoms with Crippen LogP contribution < -0.4 is 4.90 Å². The molecule has 1 heterocycles. The number of rotatable bonds is 2. The Morgan fingerprint density at radius 2 is 2.06 bits per heavy atom. The molecule has 1 aliphatic rings. The van der Waals surface area contributed by atoms with Crippen LogP contribution in [-0.4, -0.2) is 30.6 Å². The van der Waals surface area contributed by atoms with Crippen molar-refractivity contribution in [1.29, 1.82) is 0 Å². The molecule has 3 nitrogen and oxygen atoms in total. The van der Waals surface area contributed by atoms with E-state index in [1.807, 2.05) is 24.3 Å². The zero-order chi connectivity index (χ0) is 13.3. The highest BCUT2D eigenvalue weighted by Gasteiger charge is 2.32. The van der Waals surface area contributed by atoms with E-state index in [0.29, 0.717) is 0 Å². The first kappa shape index (κ1) is 13.1. The average molecular weight is 247 g/mol. The molecule has 0 bridgehead atoms. The molecule has 0 saturated carbocycles. The standard InChI is InChI=1S/C15H21NO2/c1-11-9-16(10-15(3,4)18-11)14-8-6-5-7-13(14)12(2)17/h5-8,11H,9-10H2,1-4H3. The van der Waals surface area contributed by atoms with E-state index in [2.05, 4.69) is 25.7 Å². The normalized spacial score (nSPS) is 22.9. The van der Waals surface area contributed by atoms with Crippen LogP contribution in [0.5, 0.6) is 0 Å². The number of para-hydroxylation sites is 1. The Balaban J connectivity index is 2.34. The number of ether oxygens (including phenoxy) is 1. The summed E-state index contributed by atoms with van der Waals surface area (Å²) in [5.74, 6) is 0.113. The lowest BCUT2D eigenvalue weighted by Crippen LogP contribution is -2.52. The topological polar surface area (TPSA) is 29.5 Å². The minimum Gasteiger partial charge on any atom is -0.369 e. The Kier molecular flexibility index (Phi) is 3.44. The van der Waals surface area contributed by atoms with E-state index in [-0.39, 0.29) is 17.5 Å². The molecule has 1 aliphatic heterocycles. The molecule has 1 aromatic carbocycles. The van der Waals surface area contributed by atoms with Crippen LogP contribution in [0.25, 0.3) is 0 Å². The van der Waals surface area contributed by atoms with E-state index >= 15 is 0 Å². The van der Waals surface area contributed by atoms with Crippen molar-refractivity contribution in [3.63, 3.8) is 0 Å². The van der Waals surface area contributed by atoms with Crippen molar-refractivity contribution in [2.75, 3.05) is 18.0 Å². The summed E-state index contributed by atoms with van der Waals surface area (Å²) >= 11 is 0. The fraction of sp³-hybridized carbons (Fsp3) is 0.533. The zero-order valence-corrected chi connectivity index (χ0v) is 11.6. The summed E-state index contributed by atoms with van der Waals surface area (Å²) in [6, 6.07) is 7.81. The molecule has 1 aromatic rings. The molecule has 98 valence electrons. The van der Waals surface area contributed by atoms with Gasteiger partial charge in [0.05, 0.1) is 11.7 Å². The van der Waals surface area contributed by atoms with Crippen molar-refractivity contribution in [3.05, 3.63) is 29.8 Å². The maximum Gasteiger partial charge on any atom is 0.161 e. The molecule has 1 atom stereocenters. The number of hydrogen-bond donors (Lipinski definition) is 0. The fourth-order valence-electron chi connectivity index (χ4n) is 2.68. The first-order chi connectivity index (χ1) is 8.39. The number of ketones is 1. The third-order valence-corrected chi connectivity index (χ3v) is 3.19. The van der Waals surface area contributed by atoms with Gasteiger partial charge in [-0.3, -0.25) is 4.79 Å². The Morgan fingerprint density at radius 3 is 2.67 bits per heavy atom. The number of anilines is 1. The summed E-state index contributed by atoms with van der Waals surface area (Å²) in [6.45, 7) is 9.51. The van der Waals surface area contributed by atoms with Crippen LogP contribution in [0.4, 0.5) is 5.69 Å². The van der Waals surface area contributed by atoms with Gasteiger partial charge in [-0.15, -0.1) is 0 Å². The summed E-state index contributed by atoms with van der Waals surface area (Å²) in [6.07, 6.45) is 0.175. The van der Waals surface area contributed by atoms with Gasteiger partial charge in [0, 0.05) is 24.3 Å². The number of nitrogens with zero attached hydrogens (tertiary/aromatic N) is 1. The van der Waals surface area contributed by atoms with Gasteiger partial charge < -0.3 is 9.64 Å². The van der Waals surface area contributed by atoms with Crippen LogP contribution >= 0.6 is 0 Å². The molecule has 0 spiro atoms. The van der Waals surface area contributed by atoms with Gasteiger partial charge >= 0.3 is 0 Å². The first-order valence-electron chi connectivity index (χ1n) is 6.42. The Morgan fingerprint density at radius 1 is 1.39 bits per heavy atom. The number of carbonyl (C=O) groups is 1. The molecular formula is C15H21NO2. The van der Waals surface area contributed by atoms with Crippen LogP contribution in [0.15, 0.2) is 24.3 Å². The SMILES string of the molecule is CC(=O)c1ccccc1N1CC(C)OC(C)(C)C1. The van der Waals surface area contributed by atoms with Crippen LogP contribution in [-0.2, 0) is 4.74 Å². The lowest BCUT2D eigenvalue weighted by Gasteiger charge is -2.43. The van der Waals surface area contributed by atoms with Gasteiger partial charge in [0.1, 0.15) is 0 Å². The molecule has 18 heavy (non-hydrogen) atoms. The van der Waals surface area contributed by atoms with E-state index in [9.17, 15) is 4.79 Å². The number of morpholine rings is 1.